The zero-order chi connectivity index (χ0) is 22.2. The van der Waals surface area contributed by atoms with E-state index < -0.39 is 0 Å². The van der Waals surface area contributed by atoms with Crippen molar-refractivity contribution in [3.63, 3.8) is 0 Å². The van der Waals surface area contributed by atoms with Crippen LogP contribution in [0.5, 0.6) is 0 Å². The van der Waals surface area contributed by atoms with Crippen molar-refractivity contribution in [1.82, 2.24) is 9.55 Å². The van der Waals surface area contributed by atoms with Gasteiger partial charge in [0.25, 0.3) is 5.56 Å². The van der Waals surface area contributed by atoms with Gasteiger partial charge in [0.15, 0.2) is 0 Å². The first-order valence-corrected chi connectivity index (χ1v) is 11.6. The van der Waals surface area contributed by atoms with Crippen LogP contribution in [0, 0.1) is 11.8 Å². The summed E-state index contributed by atoms with van der Waals surface area (Å²) in [4.78, 5) is 18.5. The van der Waals surface area contributed by atoms with Crippen LogP contribution in [0.2, 0.25) is 5.02 Å². The number of rotatable bonds is 4. The molecule has 2 N–H and O–H groups in total. The lowest BCUT2D eigenvalue weighted by Crippen LogP contribution is -2.30. The summed E-state index contributed by atoms with van der Waals surface area (Å²) in [6.07, 6.45) is 4.55. The summed E-state index contributed by atoms with van der Waals surface area (Å²) in [7, 11) is 0. The Hall–Kier alpha value is -2.17. The van der Waals surface area contributed by atoms with Crippen molar-refractivity contribution in [2.45, 2.75) is 58.4 Å². The van der Waals surface area contributed by atoms with E-state index in [9.17, 15) is 4.79 Å². The second-order valence-electron chi connectivity index (χ2n) is 9.97. The van der Waals surface area contributed by atoms with Crippen LogP contribution in [0.3, 0.4) is 0 Å². The summed E-state index contributed by atoms with van der Waals surface area (Å²) in [5.74, 6) is 1.72. The van der Waals surface area contributed by atoms with E-state index in [1.165, 1.54) is 18.4 Å². The average Bonchev–Trinajstić information content (AvgIpc) is 2.75. The van der Waals surface area contributed by atoms with Crippen molar-refractivity contribution in [1.29, 1.82) is 0 Å². The van der Waals surface area contributed by atoms with Gasteiger partial charge in [0.1, 0.15) is 5.82 Å². The average molecular weight is 438 g/mol. The second kappa shape index (κ2) is 8.76. The molecular weight excluding hydrogens is 406 g/mol. The minimum Gasteiger partial charge on any atom is -0.330 e. The molecule has 1 heterocycles. The van der Waals surface area contributed by atoms with Crippen LogP contribution >= 0.6 is 11.6 Å². The van der Waals surface area contributed by atoms with E-state index >= 15 is 0 Å². The van der Waals surface area contributed by atoms with E-state index in [-0.39, 0.29) is 11.0 Å². The first-order valence-electron chi connectivity index (χ1n) is 11.3. The summed E-state index contributed by atoms with van der Waals surface area (Å²) in [6, 6.07) is 13.8. The minimum atomic E-state index is -0.0164. The number of halogens is 1. The molecule has 2 aromatic carbocycles. The first-order chi connectivity index (χ1) is 14.8. The fourth-order valence-electron chi connectivity index (χ4n) is 4.74. The molecule has 0 spiro atoms. The van der Waals surface area contributed by atoms with Gasteiger partial charge in [0.05, 0.1) is 10.9 Å². The Bertz CT molecular complexity index is 1130. The van der Waals surface area contributed by atoms with Crippen LogP contribution in [0.4, 0.5) is 0 Å². The number of nitrogens with two attached hydrogens (primary N) is 1. The molecule has 2 unspecified atom stereocenters. The Morgan fingerprint density at radius 1 is 1.10 bits per heavy atom. The molecule has 4 rings (SSSR count). The number of hydrogen-bond acceptors (Lipinski definition) is 3. The number of benzene rings is 2. The molecule has 1 aliphatic rings. The molecule has 1 fully saturated rings. The Balaban J connectivity index is 1.82. The third-order valence-electron chi connectivity index (χ3n) is 6.59. The van der Waals surface area contributed by atoms with Crippen molar-refractivity contribution in [2.75, 3.05) is 6.54 Å². The molecule has 31 heavy (non-hydrogen) atoms. The van der Waals surface area contributed by atoms with Crippen LogP contribution in [0.15, 0.2) is 47.3 Å². The van der Waals surface area contributed by atoms with Crippen molar-refractivity contribution in [3.8, 4) is 11.4 Å². The maximum Gasteiger partial charge on any atom is 0.261 e. The Morgan fingerprint density at radius 3 is 2.48 bits per heavy atom. The summed E-state index contributed by atoms with van der Waals surface area (Å²) in [5, 5.41) is 1.13. The monoisotopic (exact) mass is 437 g/mol. The molecule has 0 bridgehead atoms. The van der Waals surface area contributed by atoms with Gasteiger partial charge in [-0.3, -0.25) is 9.36 Å². The summed E-state index contributed by atoms with van der Waals surface area (Å²) in [5.41, 5.74) is 8.92. The molecular formula is C26H32ClN3O. The molecule has 1 aliphatic carbocycles. The van der Waals surface area contributed by atoms with Crippen LogP contribution in [0.1, 0.15) is 52.0 Å². The first kappa shape index (κ1) is 22.0. The maximum atomic E-state index is 13.6. The van der Waals surface area contributed by atoms with Crippen molar-refractivity contribution >= 4 is 22.5 Å². The molecule has 164 valence electrons. The molecule has 0 amide bonds. The minimum absolute atomic E-state index is 0.0164. The van der Waals surface area contributed by atoms with Gasteiger partial charge in [-0.05, 0) is 66.8 Å². The summed E-state index contributed by atoms with van der Waals surface area (Å²) in [6.45, 7) is 7.99. The highest BCUT2D eigenvalue weighted by Gasteiger charge is 2.24. The topological polar surface area (TPSA) is 60.9 Å². The van der Waals surface area contributed by atoms with Crippen LogP contribution in [-0.4, -0.2) is 16.1 Å². The third kappa shape index (κ3) is 4.70. The number of fused-ring (bicyclic) bond motifs is 1. The summed E-state index contributed by atoms with van der Waals surface area (Å²) < 4.78 is 1.87. The van der Waals surface area contributed by atoms with Crippen LogP contribution in [0.25, 0.3) is 22.3 Å². The van der Waals surface area contributed by atoms with Gasteiger partial charge in [-0.25, -0.2) is 4.98 Å². The maximum absolute atomic E-state index is 13.6. The highest BCUT2D eigenvalue weighted by atomic mass is 35.5. The SMILES string of the molecule is CC(C)(C)c1ccc(-c2nc3ccc(Cl)cc3c(=O)n2CC2CCCC(CN)C2)cc1. The molecule has 5 heteroatoms. The Labute approximate surface area is 189 Å². The smallest absolute Gasteiger partial charge is 0.261 e. The van der Waals surface area contributed by atoms with Crippen LogP contribution < -0.4 is 11.3 Å². The van der Waals surface area contributed by atoms with E-state index in [0.29, 0.717) is 34.3 Å². The molecule has 1 saturated carbocycles. The van der Waals surface area contributed by atoms with Crippen molar-refractivity contribution in [2.24, 2.45) is 17.6 Å². The normalized spacial score (nSPS) is 19.6. The van der Waals surface area contributed by atoms with Gasteiger partial charge in [0.2, 0.25) is 0 Å². The van der Waals surface area contributed by atoms with Gasteiger partial charge in [0, 0.05) is 17.1 Å². The zero-order valence-electron chi connectivity index (χ0n) is 18.7. The van der Waals surface area contributed by atoms with E-state index in [1.54, 1.807) is 12.1 Å². The molecule has 2 atom stereocenters. The number of aromatic nitrogens is 2. The quantitative estimate of drug-likeness (QED) is 0.562. The second-order valence-corrected chi connectivity index (χ2v) is 10.4. The lowest BCUT2D eigenvalue weighted by molar-refractivity contribution is 0.246. The van der Waals surface area contributed by atoms with Gasteiger partial charge >= 0.3 is 0 Å². The zero-order valence-corrected chi connectivity index (χ0v) is 19.5. The molecule has 3 aromatic rings. The van der Waals surface area contributed by atoms with E-state index in [2.05, 4.69) is 45.0 Å². The van der Waals surface area contributed by atoms with Gasteiger partial charge in [-0.1, -0.05) is 63.1 Å². The number of nitrogens with zero attached hydrogens (tertiary/aromatic N) is 2. The molecule has 4 nitrogen and oxygen atoms in total. The Morgan fingerprint density at radius 2 is 1.81 bits per heavy atom. The largest absolute Gasteiger partial charge is 0.330 e. The van der Waals surface area contributed by atoms with E-state index in [1.807, 2.05) is 10.6 Å². The van der Waals surface area contributed by atoms with E-state index in [0.717, 1.165) is 30.8 Å². The number of hydrogen-bond donors (Lipinski definition) is 1. The molecule has 0 aliphatic heterocycles. The fraction of sp³-hybridized carbons (Fsp3) is 0.462. The van der Waals surface area contributed by atoms with Crippen molar-refractivity contribution < 1.29 is 0 Å². The van der Waals surface area contributed by atoms with E-state index in [4.69, 9.17) is 22.3 Å². The Kier molecular flexibility index (Phi) is 6.23. The highest BCUT2D eigenvalue weighted by molar-refractivity contribution is 6.31. The predicted molar refractivity (Wildman–Crippen MR) is 130 cm³/mol. The molecule has 0 saturated heterocycles. The van der Waals surface area contributed by atoms with Gasteiger partial charge in [-0.2, -0.15) is 0 Å². The molecule has 0 radical (unpaired) electrons. The summed E-state index contributed by atoms with van der Waals surface area (Å²) >= 11 is 6.20. The van der Waals surface area contributed by atoms with Crippen molar-refractivity contribution in [3.05, 3.63) is 63.4 Å². The predicted octanol–water partition coefficient (Wildman–Crippen LogP) is 5.78. The standard InChI is InChI=1S/C26H32ClN3O/c1-26(2,3)20-9-7-19(8-10-20)24-29-23-12-11-21(27)14-22(23)25(31)30(24)16-18-6-4-5-17(13-18)15-28/h7-12,14,17-18H,4-6,13,15-16,28H2,1-3H3. The van der Waals surface area contributed by atoms with Gasteiger partial charge in [-0.15, -0.1) is 0 Å². The van der Waals surface area contributed by atoms with Gasteiger partial charge < -0.3 is 5.73 Å². The highest BCUT2D eigenvalue weighted by Crippen LogP contribution is 2.31. The van der Waals surface area contributed by atoms with Crippen LogP contribution in [-0.2, 0) is 12.0 Å². The third-order valence-corrected chi connectivity index (χ3v) is 6.83. The molecule has 1 aromatic heterocycles. The lowest BCUT2D eigenvalue weighted by atomic mass is 9.81. The fourth-order valence-corrected chi connectivity index (χ4v) is 4.91. The lowest BCUT2D eigenvalue weighted by Gasteiger charge is -2.29.